The largest absolute Gasteiger partial charge is 0.304 e. The van der Waals surface area contributed by atoms with Gasteiger partial charge >= 0.3 is 0 Å². The molecule has 0 aromatic heterocycles. The van der Waals surface area contributed by atoms with Crippen molar-refractivity contribution in [3.8, 4) is 6.07 Å². The SMILES string of the molecule is CCN1CCC(C2=CC(C#N)=CC=CC2)CC1. The third-order valence-electron chi connectivity index (χ3n) is 3.79. The van der Waals surface area contributed by atoms with E-state index in [4.69, 9.17) is 5.26 Å². The molecule has 0 unspecified atom stereocenters. The normalized spacial score (nSPS) is 22.6. The van der Waals surface area contributed by atoms with Crippen molar-refractivity contribution in [2.24, 2.45) is 5.92 Å². The number of hydrogen-bond donors (Lipinski definition) is 0. The summed E-state index contributed by atoms with van der Waals surface area (Å²) in [4.78, 5) is 2.50. The fourth-order valence-electron chi connectivity index (χ4n) is 2.66. The van der Waals surface area contributed by atoms with E-state index in [1.807, 2.05) is 12.2 Å². The third-order valence-corrected chi connectivity index (χ3v) is 3.79. The van der Waals surface area contributed by atoms with Gasteiger partial charge in [0.2, 0.25) is 0 Å². The summed E-state index contributed by atoms with van der Waals surface area (Å²) in [6, 6.07) is 2.26. The van der Waals surface area contributed by atoms with Crippen molar-refractivity contribution in [3.63, 3.8) is 0 Å². The van der Waals surface area contributed by atoms with Crippen LogP contribution in [-0.4, -0.2) is 24.5 Å². The Labute approximate surface area is 104 Å². The van der Waals surface area contributed by atoms with Crippen LogP contribution < -0.4 is 0 Å². The quantitative estimate of drug-likeness (QED) is 0.726. The van der Waals surface area contributed by atoms with Gasteiger partial charge in [-0.05, 0) is 57.0 Å². The minimum absolute atomic E-state index is 0.678. The topological polar surface area (TPSA) is 27.0 Å². The lowest BCUT2D eigenvalue weighted by molar-refractivity contribution is 0.207. The van der Waals surface area contributed by atoms with Crippen molar-refractivity contribution in [1.82, 2.24) is 4.90 Å². The Bertz CT molecular complexity index is 388. The summed E-state index contributed by atoms with van der Waals surface area (Å²) in [7, 11) is 0. The number of hydrogen-bond acceptors (Lipinski definition) is 2. The number of likely N-dealkylation sites (tertiary alicyclic amines) is 1. The Morgan fingerprint density at radius 3 is 2.82 bits per heavy atom. The third kappa shape index (κ3) is 3.08. The van der Waals surface area contributed by atoms with E-state index in [9.17, 15) is 0 Å². The Morgan fingerprint density at radius 2 is 2.18 bits per heavy atom. The first-order valence-electron chi connectivity index (χ1n) is 6.53. The molecule has 0 N–H and O–H groups in total. The van der Waals surface area contributed by atoms with Gasteiger partial charge in [0.15, 0.2) is 0 Å². The smallest absolute Gasteiger partial charge is 0.0991 e. The van der Waals surface area contributed by atoms with Crippen molar-refractivity contribution in [2.45, 2.75) is 26.2 Å². The van der Waals surface area contributed by atoms with Crippen LogP contribution in [0.3, 0.4) is 0 Å². The Hall–Kier alpha value is -1.33. The molecular formula is C15H20N2. The lowest BCUT2D eigenvalue weighted by Crippen LogP contribution is -2.33. The van der Waals surface area contributed by atoms with Gasteiger partial charge in [0.05, 0.1) is 11.6 Å². The number of nitriles is 1. The monoisotopic (exact) mass is 228 g/mol. The van der Waals surface area contributed by atoms with Gasteiger partial charge < -0.3 is 4.90 Å². The predicted molar refractivity (Wildman–Crippen MR) is 70.4 cm³/mol. The second-order valence-electron chi connectivity index (χ2n) is 4.79. The van der Waals surface area contributed by atoms with Gasteiger partial charge in [-0.2, -0.15) is 5.26 Å². The fourth-order valence-corrected chi connectivity index (χ4v) is 2.66. The van der Waals surface area contributed by atoms with Crippen LogP contribution >= 0.6 is 0 Å². The highest BCUT2D eigenvalue weighted by atomic mass is 15.1. The van der Waals surface area contributed by atoms with Crippen molar-refractivity contribution in [1.29, 1.82) is 5.26 Å². The van der Waals surface area contributed by atoms with Crippen LogP contribution in [0.1, 0.15) is 26.2 Å². The standard InChI is InChI=1S/C15H20N2/c1-2-17-9-7-14(8-10-17)15-6-4-3-5-13(11-15)12-16/h3-5,11,14H,2,6-10H2,1H3. The molecule has 0 spiro atoms. The van der Waals surface area contributed by atoms with E-state index >= 15 is 0 Å². The number of rotatable bonds is 2. The zero-order valence-corrected chi connectivity index (χ0v) is 10.5. The van der Waals surface area contributed by atoms with E-state index in [0.29, 0.717) is 5.92 Å². The Morgan fingerprint density at radius 1 is 1.41 bits per heavy atom. The van der Waals surface area contributed by atoms with Crippen molar-refractivity contribution < 1.29 is 0 Å². The maximum Gasteiger partial charge on any atom is 0.0991 e. The molecular weight excluding hydrogens is 208 g/mol. The van der Waals surface area contributed by atoms with Gasteiger partial charge in [-0.3, -0.25) is 0 Å². The second kappa shape index (κ2) is 5.84. The molecule has 1 saturated heterocycles. The summed E-state index contributed by atoms with van der Waals surface area (Å²) in [5.74, 6) is 0.678. The second-order valence-corrected chi connectivity index (χ2v) is 4.79. The van der Waals surface area contributed by atoms with E-state index < -0.39 is 0 Å². The van der Waals surface area contributed by atoms with Crippen molar-refractivity contribution in [3.05, 3.63) is 35.5 Å². The molecule has 0 saturated carbocycles. The maximum atomic E-state index is 9.01. The van der Waals surface area contributed by atoms with E-state index in [-0.39, 0.29) is 0 Å². The zero-order chi connectivity index (χ0) is 12.1. The molecule has 1 heterocycles. The van der Waals surface area contributed by atoms with Gasteiger partial charge in [-0.25, -0.2) is 0 Å². The molecule has 17 heavy (non-hydrogen) atoms. The highest BCUT2D eigenvalue weighted by molar-refractivity contribution is 5.41. The number of piperidine rings is 1. The lowest BCUT2D eigenvalue weighted by Gasteiger charge is -2.32. The van der Waals surface area contributed by atoms with Crippen LogP contribution in [0.25, 0.3) is 0 Å². The van der Waals surface area contributed by atoms with Crippen LogP contribution in [0.15, 0.2) is 35.5 Å². The molecule has 2 rings (SSSR count). The summed E-state index contributed by atoms with van der Waals surface area (Å²) in [6.07, 6.45) is 11.7. The van der Waals surface area contributed by atoms with Gasteiger partial charge in [0.25, 0.3) is 0 Å². The lowest BCUT2D eigenvalue weighted by atomic mass is 9.86. The molecule has 0 atom stereocenters. The van der Waals surface area contributed by atoms with Crippen molar-refractivity contribution in [2.75, 3.05) is 19.6 Å². The summed E-state index contributed by atoms with van der Waals surface area (Å²) in [5.41, 5.74) is 2.24. The van der Waals surface area contributed by atoms with Crippen LogP contribution in [0.4, 0.5) is 0 Å². The molecule has 0 aromatic rings. The van der Waals surface area contributed by atoms with Crippen LogP contribution in [0.2, 0.25) is 0 Å². The molecule has 0 amide bonds. The fraction of sp³-hybridized carbons (Fsp3) is 0.533. The predicted octanol–water partition coefficient (Wildman–Crippen LogP) is 3.05. The molecule has 2 heteroatoms. The molecule has 0 aromatic carbocycles. The number of nitrogens with zero attached hydrogens (tertiary/aromatic N) is 2. The Kier molecular flexibility index (Phi) is 4.17. The Balaban J connectivity index is 2.04. The van der Waals surface area contributed by atoms with Crippen molar-refractivity contribution >= 4 is 0 Å². The van der Waals surface area contributed by atoms with E-state index in [2.05, 4.69) is 30.0 Å². The van der Waals surface area contributed by atoms with Gasteiger partial charge in [-0.1, -0.05) is 24.6 Å². The molecule has 2 nitrogen and oxygen atoms in total. The van der Waals surface area contributed by atoms with E-state index in [1.54, 1.807) is 0 Å². The summed E-state index contributed by atoms with van der Waals surface area (Å²) < 4.78 is 0. The first-order chi connectivity index (χ1) is 8.33. The molecule has 90 valence electrons. The molecule has 1 aliphatic carbocycles. The molecule has 0 bridgehead atoms. The van der Waals surface area contributed by atoms with Crippen LogP contribution in [-0.2, 0) is 0 Å². The molecule has 0 radical (unpaired) electrons. The summed E-state index contributed by atoms with van der Waals surface area (Å²) >= 11 is 0. The summed E-state index contributed by atoms with van der Waals surface area (Å²) in [6.45, 7) is 5.79. The van der Waals surface area contributed by atoms with E-state index in [1.165, 1.54) is 31.5 Å². The highest BCUT2D eigenvalue weighted by Crippen LogP contribution is 2.29. The average molecular weight is 228 g/mol. The minimum Gasteiger partial charge on any atom is -0.304 e. The van der Waals surface area contributed by atoms with Gasteiger partial charge in [-0.15, -0.1) is 0 Å². The van der Waals surface area contributed by atoms with Gasteiger partial charge in [0.1, 0.15) is 0 Å². The minimum atomic E-state index is 0.678. The van der Waals surface area contributed by atoms with Crippen LogP contribution in [0, 0.1) is 17.2 Å². The number of allylic oxidation sites excluding steroid dienone is 6. The molecule has 1 fully saturated rings. The average Bonchev–Trinajstić information content (AvgIpc) is 2.64. The summed E-state index contributed by atoms with van der Waals surface area (Å²) in [5, 5.41) is 9.01. The van der Waals surface area contributed by atoms with Gasteiger partial charge in [0, 0.05) is 0 Å². The molecule has 1 aliphatic heterocycles. The maximum absolute atomic E-state index is 9.01. The first-order valence-corrected chi connectivity index (χ1v) is 6.53. The highest BCUT2D eigenvalue weighted by Gasteiger charge is 2.21. The van der Waals surface area contributed by atoms with E-state index in [0.717, 1.165) is 18.5 Å². The van der Waals surface area contributed by atoms with Crippen LogP contribution in [0.5, 0.6) is 0 Å². The zero-order valence-electron chi connectivity index (χ0n) is 10.5. The first kappa shape index (κ1) is 12.1. The molecule has 2 aliphatic rings.